The molecule has 11 heteroatoms. The number of piperazine rings is 1. The highest BCUT2D eigenvalue weighted by molar-refractivity contribution is 7.99. The lowest BCUT2D eigenvalue weighted by atomic mass is 10.3. The van der Waals surface area contributed by atoms with Crippen LogP contribution >= 0.6 is 11.8 Å². The van der Waals surface area contributed by atoms with Crippen LogP contribution in [-0.4, -0.2) is 68.4 Å². The Morgan fingerprint density at radius 1 is 1.06 bits per heavy atom. The molecule has 1 saturated heterocycles. The van der Waals surface area contributed by atoms with Gasteiger partial charge < -0.3 is 24.6 Å². The minimum Gasteiger partial charge on any atom is -0.508 e. The largest absolute Gasteiger partial charge is 0.508 e. The van der Waals surface area contributed by atoms with Crippen LogP contribution in [0, 0.1) is 0 Å². The molecule has 164 valence electrons. The Morgan fingerprint density at radius 3 is 2.62 bits per heavy atom. The van der Waals surface area contributed by atoms with Gasteiger partial charge in [-0.2, -0.15) is 20.1 Å². The van der Waals surface area contributed by atoms with Crippen molar-refractivity contribution in [2.75, 3.05) is 43.4 Å². The third-order valence-electron chi connectivity index (χ3n) is 5.04. The number of aromatic amines is 1. The van der Waals surface area contributed by atoms with Gasteiger partial charge in [-0.05, 0) is 55.2 Å². The standard InChI is InChI=1S/C21H22N8O2S/c1-28-8-10-29(11-9-28)20-23-19(22-18-13-16(26-27-18)17-3-2-12-31-17)24-21(25-20)32-15-6-4-14(30)5-7-15/h2-7,12-13,30H,8-11H2,1H3,(H2,22,23,24,25,26,27). The van der Waals surface area contributed by atoms with Gasteiger partial charge in [-0.25, -0.2) is 0 Å². The number of likely N-dealkylation sites (N-methyl/N-ethyl adjacent to an activating group) is 1. The monoisotopic (exact) mass is 450 g/mol. The molecule has 5 rings (SSSR count). The maximum Gasteiger partial charge on any atom is 0.234 e. The van der Waals surface area contributed by atoms with Crippen LogP contribution in [0.15, 0.2) is 63.2 Å². The van der Waals surface area contributed by atoms with Crippen molar-refractivity contribution in [3.05, 3.63) is 48.7 Å². The summed E-state index contributed by atoms with van der Waals surface area (Å²) >= 11 is 1.41. The fourth-order valence-corrected chi connectivity index (χ4v) is 4.02. The van der Waals surface area contributed by atoms with Gasteiger partial charge in [0.25, 0.3) is 0 Å². The van der Waals surface area contributed by atoms with Gasteiger partial charge in [0.1, 0.15) is 11.4 Å². The first-order valence-electron chi connectivity index (χ1n) is 10.2. The number of anilines is 3. The Kier molecular flexibility index (Phi) is 5.65. The number of rotatable bonds is 6. The Labute approximate surface area is 188 Å². The number of nitrogens with zero attached hydrogens (tertiary/aromatic N) is 6. The van der Waals surface area contributed by atoms with Crippen LogP contribution in [0.3, 0.4) is 0 Å². The van der Waals surface area contributed by atoms with E-state index in [1.165, 1.54) is 11.8 Å². The lowest BCUT2D eigenvalue weighted by Gasteiger charge is -2.32. The van der Waals surface area contributed by atoms with Crippen molar-refractivity contribution in [3.63, 3.8) is 0 Å². The molecule has 0 spiro atoms. The Bertz CT molecular complexity index is 1170. The molecule has 1 aliphatic heterocycles. The molecular formula is C21H22N8O2S. The maximum atomic E-state index is 9.55. The first-order valence-corrected chi connectivity index (χ1v) is 11.0. The lowest BCUT2D eigenvalue weighted by Crippen LogP contribution is -2.45. The van der Waals surface area contributed by atoms with Crippen LogP contribution in [-0.2, 0) is 0 Å². The van der Waals surface area contributed by atoms with Crippen LogP contribution in [0.4, 0.5) is 17.7 Å². The number of hydrogen-bond donors (Lipinski definition) is 3. The molecule has 3 N–H and O–H groups in total. The number of phenols is 1. The highest BCUT2D eigenvalue weighted by Crippen LogP contribution is 2.29. The predicted molar refractivity (Wildman–Crippen MR) is 121 cm³/mol. The maximum absolute atomic E-state index is 9.55. The number of hydrogen-bond acceptors (Lipinski definition) is 10. The fraction of sp³-hybridized carbons (Fsp3) is 0.238. The van der Waals surface area contributed by atoms with E-state index in [2.05, 4.69) is 47.3 Å². The van der Waals surface area contributed by atoms with Gasteiger partial charge in [-0.15, -0.1) is 0 Å². The Balaban J connectivity index is 1.42. The smallest absolute Gasteiger partial charge is 0.234 e. The van der Waals surface area contributed by atoms with Crippen LogP contribution in [0.2, 0.25) is 0 Å². The summed E-state index contributed by atoms with van der Waals surface area (Å²) in [6.07, 6.45) is 1.62. The molecule has 4 heterocycles. The van der Waals surface area contributed by atoms with E-state index in [0.717, 1.165) is 36.8 Å². The average molecular weight is 451 g/mol. The Morgan fingerprint density at radius 2 is 1.88 bits per heavy atom. The summed E-state index contributed by atoms with van der Waals surface area (Å²) < 4.78 is 5.41. The SMILES string of the molecule is CN1CCN(c2nc(Nc3cc(-c4ccco4)[nH]n3)nc(Sc3ccc(O)cc3)n2)CC1. The van der Waals surface area contributed by atoms with Crippen LogP contribution in [0.5, 0.6) is 5.75 Å². The van der Waals surface area contributed by atoms with E-state index < -0.39 is 0 Å². The summed E-state index contributed by atoms with van der Waals surface area (Å²) in [6.45, 7) is 3.57. The van der Waals surface area contributed by atoms with Gasteiger partial charge in [0.2, 0.25) is 11.9 Å². The van der Waals surface area contributed by atoms with Crippen molar-refractivity contribution >= 4 is 29.5 Å². The molecule has 4 aromatic rings. The first-order chi connectivity index (χ1) is 15.6. The van der Waals surface area contributed by atoms with Crippen molar-refractivity contribution < 1.29 is 9.52 Å². The summed E-state index contributed by atoms with van der Waals surface area (Å²) in [5.41, 5.74) is 0.754. The number of benzene rings is 1. The second-order valence-corrected chi connectivity index (χ2v) is 8.44. The van der Waals surface area contributed by atoms with Crippen LogP contribution < -0.4 is 10.2 Å². The molecule has 0 bridgehead atoms. The van der Waals surface area contributed by atoms with Crippen LogP contribution in [0.25, 0.3) is 11.5 Å². The molecule has 0 radical (unpaired) electrons. The number of phenolic OH excluding ortho intramolecular Hbond substituents is 1. The van der Waals surface area contributed by atoms with Gasteiger partial charge >= 0.3 is 0 Å². The fourth-order valence-electron chi connectivity index (χ4n) is 3.27. The lowest BCUT2D eigenvalue weighted by molar-refractivity contribution is 0.311. The third-order valence-corrected chi connectivity index (χ3v) is 5.91. The normalized spacial score (nSPS) is 14.6. The minimum atomic E-state index is 0.219. The summed E-state index contributed by atoms with van der Waals surface area (Å²) in [4.78, 5) is 19.3. The number of H-pyrrole nitrogens is 1. The number of aromatic hydroxyl groups is 1. The van der Waals surface area contributed by atoms with Crippen molar-refractivity contribution in [1.29, 1.82) is 0 Å². The molecule has 0 saturated carbocycles. The first kappa shape index (κ1) is 20.3. The molecule has 1 aliphatic rings. The van der Waals surface area contributed by atoms with E-state index in [1.54, 1.807) is 18.4 Å². The van der Waals surface area contributed by atoms with E-state index >= 15 is 0 Å². The summed E-state index contributed by atoms with van der Waals surface area (Å²) in [5.74, 6) is 2.53. The predicted octanol–water partition coefficient (Wildman–Crippen LogP) is 3.21. The molecule has 1 fully saturated rings. The molecule has 3 aromatic heterocycles. The van der Waals surface area contributed by atoms with Crippen molar-refractivity contribution in [1.82, 2.24) is 30.0 Å². The van der Waals surface area contributed by atoms with Gasteiger partial charge in [0.05, 0.1) is 6.26 Å². The summed E-state index contributed by atoms with van der Waals surface area (Å²) in [6, 6.07) is 12.5. The molecule has 0 unspecified atom stereocenters. The summed E-state index contributed by atoms with van der Waals surface area (Å²) in [7, 11) is 2.11. The number of nitrogens with one attached hydrogen (secondary N) is 2. The highest BCUT2D eigenvalue weighted by atomic mass is 32.2. The van der Waals surface area contributed by atoms with Crippen molar-refractivity contribution in [2.45, 2.75) is 10.1 Å². The second-order valence-electron chi connectivity index (χ2n) is 7.40. The third kappa shape index (κ3) is 4.68. The minimum absolute atomic E-state index is 0.219. The van der Waals surface area contributed by atoms with Gasteiger partial charge in [0, 0.05) is 37.1 Å². The topological polar surface area (TPSA) is 119 Å². The zero-order chi connectivity index (χ0) is 21.9. The van der Waals surface area contributed by atoms with Crippen molar-refractivity contribution in [3.8, 4) is 17.2 Å². The van der Waals surface area contributed by atoms with Gasteiger partial charge in [-0.3, -0.25) is 5.10 Å². The molecule has 0 amide bonds. The number of aromatic nitrogens is 5. The molecule has 0 aliphatic carbocycles. The van der Waals surface area contributed by atoms with Gasteiger partial charge in [-0.1, -0.05) is 0 Å². The number of furan rings is 1. The van der Waals surface area contributed by atoms with E-state index in [1.807, 2.05) is 30.3 Å². The quantitative estimate of drug-likeness (QED) is 0.404. The van der Waals surface area contributed by atoms with Crippen LogP contribution in [0.1, 0.15) is 0 Å². The van der Waals surface area contributed by atoms with E-state index in [-0.39, 0.29) is 5.75 Å². The van der Waals surface area contributed by atoms with E-state index in [4.69, 9.17) is 4.42 Å². The van der Waals surface area contributed by atoms with Crippen molar-refractivity contribution in [2.24, 2.45) is 0 Å². The summed E-state index contributed by atoms with van der Waals surface area (Å²) in [5, 5.41) is 20.5. The van der Waals surface area contributed by atoms with E-state index in [0.29, 0.717) is 28.6 Å². The zero-order valence-electron chi connectivity index (χ0n) is 17.4. The van der Waals surface area contributed by atoms with E-state index in [9.17, 15) is 5.11 Å². The Hall–Kier alpha value is -3.57. The van der Waals surface area contributed by atoms with Gasteiger partial charge in [0.15, 0.2) is 16.7 Å². The highest BCUT2D eigenvalue weighted by Gasteiger charge is 2.19. The average Bonchev–Trinajstić information content (AvgIpc) is 3.48. The second kappa shape index (κ2) is 8.89. The molecule has 1 aromatic carbocycles. The molecule has 10 nitrogen and oxygen atoms in total. The molecular weight excluding hydrogens is 428 g/mol. The molecule has 32 heavy (non-hydrogen) atoms. The zero-order valence-corrected chi connectivity index (χ0v) is 18.2. The molecule has 0 atom stereocenters.